The van der Waals surface area contributed by atoms with Crippen molar-refractivity contribution in [2.45, 2.75) is 31.1 Å². The maximum absolute atomic E-state index is 6.07. The van der Waals surface area contributed by atoms with E-state index in [2.05, 4.69) is 45.8 Å². The molecular formula is C15H22BrClN2. The van der Waals surface area contributed by atoms with Crippen molar-refractivity contribution in [1.29, 1.82) is 0 Å². The number of rotatable bonds is 5. The number of alkyl halides is 1. The molecule has 1 aromatic rings. The molecule has 0 aromatic heterocycles. The molecule has 1 heterocycles. The van der Waals surface area contributed by atoms with Crippen LogP contribution in [0.2, 0.25) is 5.02 Å². The summed E-state index contributed by atoms with van der Waals surface area (Å²) in [7, 11) is 2.18. The van der Waals surface area contributed by atoms with Gasteiger partial charge in [-0.15, -0.1) is 0 Å². The van der Waals surface area contributed by atoms with E-state index in [1.807, 2.05) is 12.1 Å². The molecule has 1 unspecified atom stereocenters. The highest BCUT2D eigenvalue weighted by atomic mass is 79.9. The zero-order valence-electron chi connectivity index (χ0n) is 11.7. The smallest absolute Gasteiger partial charge is 0.0410 e. The van der Waals surface area contributed by atoms with Crippen LogP contribution in [0.25, 0.3) is 0 Å². The van der Waals surface area contributed by atoms with Gasteiger partial charge in [-0.25, -0.2) is 0 Å². The average molecular weight is 346 g/mol. The molecule has 1 saturated heterocycles. The Hall–Kier alpha value is -0.250. The molecular weight excluding hydrogens is 324 g/mol. The van der Waals surface area contributed by atoms with E-state index in [4.69, 9.17) is 11.6 Å². The van der Waals surface area contributed by atoms with Crippen LogP contribution in [0.1, 0.15) is 25.3 Å². The Morgan fingerprint density at radius 1 is 1.47 bits per heavy atom. The number of likely N-dealkylation sites (tertiary alicyclic amines) is 1. The summed E-state index contributed by atoms with van der Waals surface area (Å²) in [6.45, 7) is 5.76. The second-order valence-electron chi connectivity index (χ2n) is 5.21. The number of nitrogens with zero attached hydrogens (tertiary/aromatic N) is 2. The van der Waals surface area contributed by atoms with E-state index in [0.29, 0.717) is 6.04 Å². The number of benzene rings is 1. The second-order valence-corrected chi connectivity index (χ2v) is 6.21. The summed E-state index contributed by atoms with van der Waals surface area (Å²) < 4.78 is 0. The van der Waals surface area contributed by atoms with Crippen LogP contribution in [-0.4, -0.2) is 37.6 Å². The second kappa shape index (κ2) is 6.96. The van der Waals surface area contributed by atoms with Gasteiger partial charge in [-0.05, 0) is 49.7 Å². The summed E-state index contributed by atoms with van der Waals surface area (Å²) in [5.41, 5.74) is 2.54. The van der Waals surface area contributed by atoms with Gasteiger partial charge in [0.25, 0.3) is 0 Å². The van der Waals surface area contributed by atoms with Gasteiger partial charge in [0.2, 0.25) is 0 Å². The van der Waals surface area contributed by atoms with Crippen molar-refractivity contribution in [2.75, 3.05) is 31.6 Å². The summed E-state index contributed by atoms with van der Waals surface area (Å²) in [4.78, 5) is 4.95. The third-order valence-corrected chi connectivity index (χ3v) is 4.83. The number of hydrogen-bond acceptors (Lipinski definition) is 2. The van der Waals surface area contributed by atoms with Crippen LogP contribution in [0.3, 0.4) is 0 Å². The first-order chi connectivity index (χ1) is 9.15. The molecule has 2 rings (SSSR count). The fraction of sp³-hybridized carbons (Fsp3) is 0.600. The third kappa shape index (κ3) is 3.65. The van der Waals surface area contributed by atoms with Gasteiger partial charge in [-0.3, -0.25) is 4.90 Å². The van der Waals surface area contributed by atoms with Crippen molar-refractivity contribution in [1.82, 2.24) is 4.90 Å². The maximum atomic E-state index is 6.07. The van der Waals surface area contributed by atoms with Gasteiger partial charge in [0.05, 0.1) is 0 Å². The normalized spacial score (nSPS) is 19.9. The molecule has 1 aliphatic heterocycles. The quantitative estimate of drug-likeness (QED) is 0.740. The Morgan fingerprint density at radius 3 is 2.95 bits per heavy atom. The minimum atomic E-state index is 0.689. The molecule has 4 heteroatoms. The van der Waals surface area contributed by atoms with Gasteiger partial charge < -0.3 is 4.90 Å². The fourth-order valence-electron chi connectivity index (χ4n) is 2.97. The fourth-order valence-corrected chi connectivity index (χ4v) is 3.61. The van der Waals surface area contributed by atoms with Crippen LogP contribution in [0.15, 0.2) is 18.2 Å². The van der Waals surface area contributed by atoms with E-state index in [1.165, 1.54) is 30.6 Å². The van der Waals surface area contributed by atoms with Crippen molar-refractivity contribution in [3.05, 3.63) is 28.8 Å². The summed E-state index contributed by atoms with van der Waals surface area (Å²) in [5.74, 6) is 0. The molecule has 2 nitrogen and oxygen atoms in total. The minimum Gasteiger partial charge on any atom is -0.373 e. The van der Waals surface area contributed by atoms with Crippen molar-refractivity contribution in [3.8, 4) is 0 Å². The van der Waals surface area contributed by atoms with Crippen LogP contribution >= 0.6 is 27.5 Å². The Morgan fingerprint density at radius 2 is 2.26 bits per heavy atom. The summed E-state index contributed by atoms with van der Waals surface area (Å²) >= 11 is 9.62. The minimum absolute atomic E-state index is 0.689. The van der Waals surface area contributed by atoms with Gasteiger partial charge in [-0.2, -0.15) is 0 Å². The van der Waals surface area contributed by atoms with E-state index in [9.17, 15) is 0 Å². The lowest BCUT2D eigenvalue weighted by Gasteiger charge is -2.30. The maximum Gasteiger partial charge on any atom is 0.0410 e. The number of hydrogen-bond donors (Lipinski definition) is 0. The van der Waals surface area contributed by atoms with E-state index >= 15 is 0 Å². The average Bonchev–Trinajstić information content (AvgIpc) is 2.85. The molecule has 0 N–H and O–H groups in total. The molecule has 106 valence electrons. The van der Waals surface area contributed by atoms with E-state index in [-0.39, 0.29) is 0 Å². The highest BCUT2D eigenvalue weighted by Crippen LogP contribution is 2.27. The predicted molar refractivity (Wildman–Crippen MR) is 87.6 cm³/mol. The Balaban J connectivity index is 2.09. The van der Waals surface area contributed by atoms with Gasteiger partial charge >= 0.3 is 0 Å². The largest absolute Gasteiger partial charge is 0.373 e. The number of likely N-dealkylation sites (N-methyl/N-ethyl adjacent to an activating group) is 2. The SMILES string of the molecule is CCN1CCCC1CN(C)c1ccc(Cl)cc1CBr. The predicted octanol–water partition coefficient (Wildman–Crippen LogP) is 4.16. The standard InChI is InChI=1S/C15H22BrClN2/c1-3-19-8-4-5-14(19)11-18(2)15-7-6-13(17)9-12(15)10-16/h6-7,9,14H,3-5,8,10-11H2,1-2H3. The van der Waals surface area contributed by atoms with Gasteiger partial charge in [-0.1, -0.05) is 34.5 Å². The zero-order chi connectivity index (χ0) is 13.8. The van der Waals surface area contributed by atoms with Crippen molar-refractivity contribution >= 4 is 33.2 Å². The molecule has 0 bridgehead atoms. The monoisotopic (exact) mass is 344 g/mol. The van der Waals surface area contributed by atoms with Gasteiger partial charge in [0.15, 0.2) is 0 Å². The van der Waals surface area contributed by atoms with Crippen LogP contribution in [0.5, 0.6) is 0 Å². The van der Waals surface area contributed by atoms with Gasteiger partial charge in [0, 0.05) is 35.7 Å². The molecule has 0 saturated carbocycles. The first kappa shape index (κ1) is 15.1. The summed E-state index contributed by atoms with van der Waals surface area (Å²) in [6.07, 6.45) is 2.65. The van der Waals surface area contributed by atoms with Crippen molar-refractivity contribution < 1.29 is 0 Å². The van der Waals surface area contributed by atoms with Crippen LogP contribution in [0.4, 0.5) is 5.69 Å². The lowest BCUT2D eigenvalue weighted by atomic mass is 10.1. The van der Waals surface area contributed by atoms with Crippen LogP contribution < -0.4 is 4.90 Å². The zero-order valence-corrected chi connectivity index (χ0v) is 14.0. The molecule has 0 aliphatic carbocycles. The summed E-state index contributed by atoms with van der Waals surface area (Å²) in [5, 5.41) is 1.65. The highest BCUT2D eigenvalue weighted by Gasteiger charge is 2.24. The molecule has 1 aromatic carbocycles. The van der Waals surface area contributed by atoms with Crippen LogP contribution in [-0.2, 0) is 5.33 Å². The molecule has 0 amide bonds. The first-order valence-electron chi connectivity index (χ1n) is 6.95. The molecule has 19 heavy (non-hydrogen) atoms. The molecule has 1 fully saturated rings. The van der Waals surface area contributed by atoms with Crippen molar-refractivity contribution in [2.24, 2.45) is 0 Å². The molecule has 0 radical (unpaired) electrons. The Bertz CT molecular complexity index is 425. The lowest BCUT2D eigenvalue weighted by Crippen LogP contribution is -2.39. The van der Waals surface area contributed by atoms with E-state index < -0.39 is 0 Å². The first-order valence-corrected chi connectivity index (χ1v) is 8.45. The van der Waals surface area contributed by atoms with Gasteiger partial charge in [0.1, 0.15) is 0 Å². The molecule has 1 aliphatic rings. The summed E-state index contributed by atoms with van der Waals surface area (Å²) in [6, 6.07) is 6.85. The number of anilines is 1. The van der Waals surface area contributed by atoms with Crippen LogP contribution in [0, 0.1) is 0 Å². The van der Waals surface area contributed by atoms with E-state index in [1.54, 1.807) is 0 Å². The Kier molecular flexibility index (Phi) is 5.55. The Labute approximate surface area is 129 Å². The van der Waals surface area contributed by atoms with Crippen molar-refractivity contribution in [3.63, 3.8) is 0 Å². The third-order valence-electron chi connectivity index (χ3n) is 3.99. The van der Waals surface area contributed by atoms with E-state index in [0.717, 1.165) is 23.4 Å². The molecule has 1 atom stereocenters. The highest BCUT2D eigenvalue weighted by molar-refractivity contribution is 9.08. The lowest BCUT2D eigenvalue weighted by molar-refractivity contribution is 0.270. The number of halogens is 2. The molecule has 0 spiro atoms. The topological polar surface area (TPSA) is 6.48 Å².